The Hall–Kier alpha value is -1.09. The van der Waals surface area contributed by atoms with E-state index in [9.17, 15) is 0 Å². The van der Waals surface area contributed by atoms with Gasteiger partial charge in [0.05, 0.1) is 6.20 Å². The fourth-order valence-corrected chi connectivity index (χ4v) is 1.94. The van der Waals surface area contributed by atoms with Crippen molar-refractivity contribution in [1.29, 1.82) is 0 Å². The van der Waals surface area contributed by atoms with Crippen LogP contribution in [0.4, 0.5) is 0 Å². The Morgan fingerprint density at radius 3 is 2.93 bits per heavy atom. The number of rotatable bonds is 4. The van der Waals surface area contributed by atoms with E-state index in [2.05, 4.69) is 16.8 Å². The molecule has 1 aromatic heterocycles. The van der Waals surface area contributed by atoms with Crippen LogP contribution >= 0.6 is 0 Å². The Kier molecular flexibility index (Phi) is 3.56. The summed E-state index contributed by atoms with van der Waals surface area (Å²) in [5, 5.41) is 0. The van der Waals surface area contributed by atoms with E-state index in [0.717, 1.165) is 12.4 Å². The molecule has 1 atom stereocenters. The van der Waals surface area contributed by atoms with Crippen LogP contribution in [0.3, 0.4) is 0 Å². The molecule has 0 spiro atoms. The van der Waals surface area contributed by atoms with E-state index in [-0.39, 0.29) is 0 Å². The lowest BCUT2D eigenvalue weighted by Gasteiger charge is -2.23. The van der Waals surface area contributed by atoms with E-state index in [4.69, 9.17) is 4.74 Å². The van der Waals surface area contributed by atoms with E-state index in [0.29, 0.717) is 6.04 Å². The van der Waals surface area contributed by atoms with Gasteiger partial charge >= 0.3 is 0 Å². The first kappa shape index (κ1) is 10.4. The van der Waals surface area contributed by atoms with Gasteiger partial charge in [-0.15, -0.1) is 0 Å². The number of nitrogens with zero attached hydrogens (tertiary/aromatic N) is 2. The predicted octanol–water partition coefficient (Wildman–Crippen LogP) is 1.94. The van der Waals surface area contributed by atoms with Crippen LogP contribution in [-0.2, 0) is 0 Å². The Bertz CT molecular complexity index is 283. The number of ether oxygens (including phenoxy) is 1. The van der Waals surface area contributed by atoms with Gasteiger partial charge in [0.15, 0.2) is 0 Å². The Morgan fingerprint density at radius 1 is 1.47 bits per heavy atom. The van der Waals surface area contributed by atoms with Gasteiger partial charge in [-0.3, -0.25) is 9.88 Å². The quantitative estimate of drug-likeness (QED) is 0.753. The summed E-state index contributed by atoms with van der Waals surface area (Å²) in [4.78, 5) is 6.50. The Labute approximate surface area is 91.1 Å². The third kappa shape index (κ3) is 2.93. The average Bonchev–Trinajstić information content (AvgIpc) is 2.81. The predicted molar refractivity (Wildman–Crippen MR) is 60.0 cm³/mol. The van der Waals surface area contributed by atoms with Gasteiger partial charge < -0.3 is 4.74 Å². The highest BCUT2D eigenvalue weighted by Crippen LogP contribution is 2.13. The molecule has 1 saturated heterocycles. The summed E-state index contributed by atoms with van der Waals surface area (Å²) in [5.74, 6) is 0.864. The van der Waals surface area contributed by atoms with Crippen LogP contribution in [0.15, 0.2) is 24.5 Å². The van der Waals surface area contributed by atoms with Gasteiger partial charge in [-0.05, 0) is 45.0 Å². The third-order valence-corrected chi connectivity index (χ3v) is 2.89. The van der Waals surface area contributed by atoms with Crippen LogP contribution in [0.2, 0.25) is 0 Å². The first-order chi connectivity index (χ1) is 7.36. The summed E-state index contributed by atoms with van der Waals surface area (Å²) in [7, 11) is 0. The molecule has 3 heteroatoms. The molecule has 0 bridgehead atoms. The van der Waals surface area contributed by atoms with Crippen molar-refractivity contribution in [2.75, 3.05) is 19.7 Å². The standard InChI is InChI=1S/C12H18N2O/c1-11(14-7-2-3-8-14)10-15-12-5-4-6-13-9-12/h4-6,9,11H,2-3,7-8,10H2,1H3/t11-/m1/s1. The minimum atomic E-state index is 0.507. The van der Waals surface area contributed by atoms with Crippen molar-refractivity contribution in [3.05, 3.63) is 24.5 Å². The molecule has 1 aliphatic rings. The van der Waals surface area contributed by atoms with Gasteiger partial charge in [0.1, 0.15) is 12.4 Å². The van der Waals surface area contributed by atoms with Crippen molar-refractivity contribution in [3.8, 4) is 5.75 Å². The van der Waals surface area contributed by atoms with Gasteiger partial charge in [0.2, 0.25) is 0 Å². The van der Waals surface area contributed by atoms with Crippen molar-refractivity contribution in [2.24, 2.45) is 0 Å². The summed E-state index contributed by atoms with van der Waals surface area (Å²) in [5.41, 5.74) is 0. The number of pyridine rings is 1. The smallest absolute Gasteiger partial charge is 0.137 e. The topological polar surface area (TPSA) is 25.4 Å². The van der Waals surface area contributed by atoms with Gasteiger partial charge in [-0.25, -0.2) is 0 Å². The summed E-state index contributed by atoms with van der Waals surface area (Å²) in [6.07, 6.45) is 6.18. The van der Waals surface area contributed by atoms with Crippen molar-refractivity contribution >= 4 is 0 Å². The lowest BCUT2D eigenvalue weighted by molar-refractivity contribution is 0.172. The zero-order valence-corrected chi connectivity index (χ0v) is 9.22. The maximum absolute atomic E-state index is 5.68. The number of hydrogen-bond acceptors (Lipinski definition) is 3. The summed E-state index contributed by atoms with van der Waals surface area (Å²) < 4.78 is 5.68. The van der Waals surface area contributed by atoms with Crippen molar-refractivity contribution in [1.82, 2.24) is 9.88 Å². The van der Waals surface area contributed by atoms with E-state index >= 15 is 0 Å². The molecule has 2 rings (SSSR count). The monoisotopic (exact) mass is 206 g/mol. The molecule has 2 heterocycles. The molecule has 0 aliphatic carbocycles. The lowest BCUT2D eigenvalue weighted by atomic mass is 10.3. The second kappa shape index (κ2) is 5.12. The highest BCUT2D eigenvalue weighted by atomic mass is 16.5. The molecule has 1 aromatic rings. The fourth-order valence-electron chi connectivity index (χ4n) is 1.94. The van der Waals surface area contributed by atoms with Crippen LogP contribution < -0.4 is 4.74 Å². The van der Waals surface area contributed by atoms with Gasteiger partial charge in [0, 0.05) is 12.2 Å². The lowest BCUT2D eigenvalue weighted by Crippen LogP contribution is -2.34. The zero-order valence-electron chi connectivity index (χ0n) is 9.22. The highest BCUT2D eigenvalue weighted by molar-refractivity contribution is 5.15. The maximum Gasteiger partial charge on any atom is 0.137 e. The van der Waals surface area contributed by atoms with Gasteiger partial charge in [-0.2, -0.15) is 0 Å². The normalized spacial score (nSPS) is 19.0. The Balaban J connectivity index is 1.77. The maximum atomic E-state index is 5.68. The van der Waals surface area contributed by atoms with Crippen LogP contribution in [0, 0.1) is 0 Å². The van der Waals surface area contributed by atoms with Gasteiger partial charge in [0.25, 0.3) is 0 Å². The molecule has 0 amide bonds. The van der Waals surface area contributed by atoms with E-state index in [1.54, 1.807) is 12.4 Å². The highest BCUT2D eigenvalue weighted by Gasteiger charge is 2.18. The molecule has 1 fully saturated rings. The van der Waals surface area contributed by atoms with E-state index < -0.39 is 0 Å². The first-order valence-electron chi connectivity index (χ1n) is 5.63. The van der Waals surface area contributed by atoms with Crippen LogP contribution in [-0.4, -0.2) is 35.6 Å². The van der Waals surface area contributed by atoms with Crippen LogP contribution in [0.5, 0.6) is 5.75 Å². The zero-order chi connectivity index (χ0) is 10.5. The molecule has 0 N–H and O–H groups in total. The summed E-state index contributed by atoms with van der Waals surface area (Å²) >= 11 is 0. The largest absolute Gasteiger partial charge is 0.490 e. The minimum absolute atomic E-state index is 0.507. The summed E-state index contributed by atoms with van der Waals surface area (Å²) in [6.45, 7) is 5.42. The Morgan fingerprint density at radius 2 is 2.27 bits per heavy atom. The molecule has 1 aliphatic heterocycles. The molecule has 15 heavy (non-hydrogen) atoms. The van der Waals surface area contributed by atoms with E-state index in [1.165, 1.54) is 25.9 Å². The second-order valence-electron chi connectivity index (χ2n) is 4.09. The second-order valence-corrected chi connectivity index (χ2v) is 4.09. The molecule has 0 unspecified atom stereocenters. The third-order valence-electron chi connectivity index (χ3n) is 2.89. The average molecular weight is 206 g/mol. The fraction of sp³-hybridized carbons (Fsp3) is 0.583. The molecule has 0 saturated carbocycles. The molecular weight excluding hydrogens is 188 g/mol. The first-order valence-corrected chi connectivity index (χ1v) is 5.63. The van der Waals surface area contributed by atoms with Crippen molar-refractivity contribution < 1.29 is 4.74 Å². The number of hydrogen-bond donors (Lipinski definition) is 0. The molecule has 0 aromatic carbocycles. The molecule has 0 radical (unpaired) electrons. The number of aromatic nitrogens is 1. The number of likely N-dealkylation sites (tertiary alicyclic amines) is 1. The van der Waals surface area contributed by atoms with E-state index in [1.807, 2.05) is 12.1 Å². The van der Waals surface area contributed by atoms with Crippen LogP contribution in [0.1, 0.15) is 19.8 Å². The molecule has 82 valence electrons. The van der Waals surface area contributed by atoms with Gasteiger partial charge in [-0.1, -0.05) is 0 Å². The molecular formula is C12H18N2O. The SMILES string of the molecule is C[C@H](COc1cccnc1)N1CCCC1. The summed E-state index contributed by atoms with van der Waals surface area (Å²) in [6, 6.07) is 4.35. The van der Waals surface area contributed by atoms with Crippen molar-refractivity contribution in [2.45, 2.75) is 25.8 Å². The van der Waals surface area contributed by atoms with Crippen molar-refractivity contribution in [3.63, 3.8) is 0 Å². The van der Waals surface area contributed by atoms with Crippen LogP contribution in [0.25, 0.3) is 0 Å². The minimum Gasteiger partial charge on any atom is -0.490 e. The molecule has 3 nitrogen and oxygen atoms in total.